The van der Waals surface area contributed by atoms with E-state index in [9.17, 15) is 4.79 Å². The molecule has 1 aromatic carbocycles. The van der Waals surface area contributed by atoms with Gasteiger partial charge in [0.05, 0.1) is 6.61 Å². The summed E-state index contributed by atoms with van der Waals surface area (Å²) in [4.78, 5) is 10.5. The first kappa shape index (κ1) is 8.81. The summed E-state index contributed by atoms with van der Waals surface area (Å²) in [6, 6.07) is 5.84. The van der Waals surface area contributed by atoms with Crippen molar-refractivity contribution in [2.75, 3.05) is 6.61 Å². The van der Waals surface area contributed by atoms with Crippen LogP contribution in [0.2, 0.25) is 0 Å². The molecule has 2 N–H and O–H groups in total. The molecule has 3 nitrogen and oxygen atoms in total. The van der Waals surface area contributed by atoms with Crippen LogP contribution >= 0.6 is 0 Å². The molecule has 1 aliphatic heterocycles. The Bertz CT molecular complexity index is 396. The molecule has 3 heteroatoms. The van der Waals surface area contributed by atoms with Crippen LogP contribution in [0.15, 0.2) is 24.3 Å². The van der Waals surface area contributed by atoms with E-state index in [1.807, 2.05) is 18.2 Å². The second-order valence-electron chi connectivity index (χ2n) is 3.20. The largest absolute Gasteiger partial charge is 0.493 e. The standard InChI is InChI=1S/C11H11NO2/c12-11(13)4-2-8-1-3-10-9(7-8)5-6-14-10/h1-4,7H,5-6H2,(H2,12,13)/b4-2+. The zero-order valence-corrected chi connectivity index (χ0v) is 7.69. The predicted octanol–water partition coefficient (Wildman–Crippen LogP) is 1.12. The van der Waals surface area contributed by atoms with Crippen LogP contribution in [0.1, 0.15) is 11.1 Å². The summed E-state index contributed by atoms with van der Waals surface area (Å²) < 4.78 is 5.36. The van der Waals surface area contributed by atoms with Crippen LogP contribution in [0, 0.1) is 0 Å². The third-order valence-corrected chi connectivity index (χ3v) is 2.15. The van der Waals surface area contributed by atoms with Crippen molar-refractivity contribution in [2.45, 2.75) is 6.42 Å². The molecule has 0 aliphatic carbocycles. The lowest BCUT2D eigenvalue weighted by molar-refractivity contribution is -0.113. The van der Waals surface area contributed by atoms with Gasteiger partial charge in [-0.25, -0.2) is 0 Å². The molecule has 0 saturated heterocycles. The molecule has 0 unspecified atom stereocenters. The van der Waals surface area contributed by atoms with Crippen molar-refractivity contribution in [3.63, 3.8) is 0 Å². The number of ether oxygens (including phenoxy) is 1. The van der Waals surface area contributed by atoms with E-state index < -0.39 is 5.91 Å². The summed E-state index contributed by atoms with van der Waals surface area (Å²) >= 11 is 0. The molecule has 0 radical (unpaired) electrons. The monoisotopic (exact) mass is 189 g/mol. The first-order valence-electron chi connectivity index (χ1n) is 4.49. The number of carbonyl (C=O) groups is 1. The Morgan fingerprint density at radius 2 is 2.36 bits per heavy atom. The van der Waals surface area contributed by atoms with Crippen LogP contribution in [0.3, 0.4) is 0 Å². The lowest BCUT2D eigenvalue weighted by Gasteiger charge is -1.98. The summed E-state index contributed by atoms with van der Waals surface area (Å²) in [5.41, 5.74) is 7.17. The fourth-order valence-corrected chi connectivity index (χ4v) is 1.49. The molecular formula is C11H11NO2. The van der Waals surface area contributed by atoms with E-state index in [-0.39, 0.29) is 0 Å². The van der Waals surface area contributed by atoms with E-state index in [1.54, 1.807) is 6.08 Å². The molecule has 1 amide bonds. The van der Waals surface area contributed by atoms with E-state index in [4.69, 9.17) is 10.5 Å². The lowest BCUT2D eigenvalue weighted by Crippen LogP contribution is -2.05. The molecule has 72 valence electrons. The number of rotatable bonds is 2. The van der Waals surface area contributed by atoms with E-state index in [0.717, 1.165) is 24.3 Å². The average molecular weight is 189 g/mol. The fraction of sp³-hybridized carbons (Fsp3) is 0.182. The van der Waals surface area contributed by atoms with Gasteiger partial charge in [0.25, 0.3) is 0 Å². The Morgan fingerprint density at radius 3 is 3.14 bits per heavy atom. The molecular weight excluding hydrogens is 178 g/mol. The number of fused-ring (bicyclic) bond motifs is 1. The summed E-state index contributed by atoms with van der Waals surface area (Å²) in [5, 5.41) is 0. The Hall–Kier alpha value is -1.77. The third kappa shape index (κ3) is 1.76. The quantitative estimate of drug-likeness (QED) is 0.709. The Kier molecular flexibility index (Phi) is 2.23. The van der Waals surface area contributed by atoms with E-state index in [1.165, 1.54) is 11.6 Å². The summed E-state index contributed by atoms with van der Waals surface area (Å²) in [6.45, 7) is 0.748. The van der Waals surface area contributed by atoms with Gasteiger partial charge in [0.2, 0.25) is 5.91 Å². The van der Waals surface area contributed by atoms with Gasteiger partial charge in [0.1, 0.15) is 5.75 Å². The maximum Gasteiger partial charge on any atom is 0.241 e. The van der Waals surface area contributed by atoms with Crippen molar-refractivity contribution in [3.8, 4) is 5.75 Å². The van der Waals surface area contributed by atoms with Gasteiger partial charge >= 0.3 is 0 Å². The minimum Gasteiger partial charge on any atom is -0.493 e. The average Bonchev–Trinajstić information content (AvgIpc) is 2.61. The van der Waals surface area contributed by atoms with Gasteiger partial charge in [-0.3, -0.25) is 4.79 Å². The summed E-state index contributed by atoms with van der Waals surface area (Å²) in [7, 11) is 0. The molecule has 14 heavy (non-hydrogen) atoms. The van der Waals surface area contributed by atoms with Gasteiger partial charge in [-0.1, -0.05) is 6.07 Å². The SMILES string of the molecule is NC(=O)/C=C/c1ccc2c(c1)CCO2. The number of carbonyl (C=O) groups excluding carboxylic acids is 1. The molecule has 0 aromatic heterocycles. The fourth-order valence-electron chi connectivity index (χ4n) is 1.49. The molecule has 0 spiro atoms. The van der Waals surface area contributed by atoms with Gasteiger partial charge < -0.3 is 10.5 Å². The second kappa shape index (κ2) is 3.54. The molecule has 2 rings (SSSR count). The second-order valence-corrected chi connectivity index (χ2v) is 3.20. The highest BCUT2D eigenvalue weighted by molar-refractivity contribution is 5.90. The van der Waals surface area contributed by atoms with Crippen LogP contribution in [0.4, 0.5) is 0 Å². The van der Waals surface area contributed by atoms with Crippen molar-refractivity contribution >= 4 is 12.0 Å². The third-order valence-electron chi connectivity index (χ3n) is 2.15. The van der Waals surface area contributed by atoms with Gasteiger partial charge in [-0.15, -0.1) is 0 Å². The minimum absolute atomic E-state index is 0.429. The first-order valence-corrected chi connectivity index (χ1v) is 4.49. The summed E-state index contributed by atoms with van der Waals surface area (Å²) in [5.74, 6) is 0.517. The van der Waals surface area contributed by atoms with E-state index >= 15 is 0 Å². The highest BCUT2D eigenvalue weighted by Crippen LogP contribution is 2.26. The molecule has 0 bridgehead atoms. The normalized spacial score (nSPS) is 14.0. The predicted molar refractivity (Wildman–Crippen MR) is 53.9 cm³/mol. The number of nitrogens with two attached hydrogens (primary N) is 1. The van der Waals surface area contributed by atoms with E-state index in [2.05, 4.69) is 0 Å². The highest BCUT2D eigenvalue weighted by Gasteiger charge is 2.10. The Labute approximate surface area is 82.2 Å². The number of primary amides is 1. The molecule has 0 fully saturated rings. The van der Waals surface area contributed by atoms with Crippen molar-refractivity contribution in [1.29, 1.82) is 0 Å². The molecule has 0 atom stereocenters. The Balaban J connectivity index is 2.25. The van der Waals surface area contributed by atoms with Crippen molar-refractivity contribution < 1.29 is 9.53 Å². The van der Waals surface area contributed by atoms with Gasteiger partial charge in [-0.05, 0) is 29.3 Å². The molecule has 1 aromatic rings. The van der Waals surface area contributed by atoms with Crippen molar-refractivity contribution in [3.05, 3.63) is 35.4 Å². The topological polar surface area (TPSA) is 52.3 Å². The smallest absolute Gasteiger partial charge is 0.241 e. The molecule has 1 aliphatic rings. The number of hydrogen-bond acceptors (Lipinski definition) is 2. The molecule has 0 saturated carbocycles. The number of benzene rings is 1. The van der Waals surface area contributed by atoms with Crippen LogP contribution in [0.25, 0.3) is 6.08 Å². The van der Waals surface area contributed by atoms with Gasteiger partial charge in [0, 0.05) is 12.5 Å². The number of amides is 1. The maximum atomic E-state index is 10.5. The zero-order valence-electron chi connectivity index (χ0n) is 7.69. The van der Waals surface area contributed by atoms with Crippen molar-refractivity contribution in [1.82, 2.24) is 0 Å². The first-order chi connectivity index (χ1) is 6.75. The van der Waals surface area contributed by atoms with Crippen LogP contribution in [-0.2, 0) is 11.2 Å². The maximum absolute atomic E-state index is 10.5. The van der Waals surface area contributed by atoms with Gasteiger partial charge in [0.15, 0.2) is 0 Å². The summed E-state index contributed by atoms with van der Waals surface area (Å²) in [6.07, 6.45) is 4.01. The highest BCUT2D eigenvalue weighted by atomic mass is 16.5. The van der Waals surface area contributed by atoms with Crippen LogP contribution in [-0.4, -0.2) is 12.5 Å². The molecule has 1 heterocycles. The number of hydrogen-bond donors (Lipinski definition) is 1. The minimum atomic E-state index is -0.429. The van der Waals surface area contributed by atoms with Crippen LogP contribution in [0.5, 0.6) is 5.75 Å². The van der Waals surface area contributed by atoms with Crippen molar-refractivity contribution in [2.24, 2.45) is 5.73 Å². The lowest BCUT2D eigenvalue weighted by atomic mass is 10.1. The zero-order chi connectivity index (χ0) is 9.97. The van der Waals surface area contributed by atoms with Crippen LogP contribution < -0.4 is 10.5 Å². The Morgan fingerprint density at radius 1 is 1.50 bits per heavy atom. The van der Waals surface area contributed by atoms with Gasteiger partial charge in [-0.2, -0.15) is 0 Å². The van der Waals surface area contributed by atoms with E-state index in [0.29, 0.717) is 0 Å².